The summed E-state index contributed by atoms with van der Waals surface area (Å²) in [6.07, 6.45) is 0.266. The second-order valence-corrected chi connectivity index (χ2v) is 8.57. The third-order valence-corrected chi connectivity index (χ3v) is 5.75. The van der Waals surface area contributed by atoms with Crippen LogP contribution in [0.1, 0.15) is 62.2 Å². The van der Waals surface area contributed by atoms with Crippen LogP contribution in [-0.4, -0.2) is 30.9 Å². The van der Waals surface area contributed by atoms with Crippen molar-refractivity contribution >= 4 is 24.4 Å². The van der Waals surface area contributed by atoms with Gasteiger partial charge < -0.3 is 14.0 Å². The van der Waals surface area contributed by atoms with Crippen molar-refractivity contribution in [3.8, 4) is 0 Å². The lowest BCUT2D eigenvalue weighted by molar-refractivity contribution is -0.143. The van der Waals surface area contributed by atoms with Gasteiger partial charge in [0.05, 0.1) is 24.2 Å². The highest BCUT2D eigenvalue weighted by Gasteiger charge is 2.54. The zero-order chi connectivity index (χ0) is 17.4. The predicted molar refractivity (Wildman–Crippen MR) is 93.9 cm³/mol. The molecule has 1 fully saturated rings. The maximum atomic E-state index is 12.1. The summed E-state index contributed by atoms with van der Waals surface area (Å²) in [5.74, 6) is -0.365. The molecule has 6 heteroatoms. The van der Waals surface area contributed by atoms with E-state index in [4.69, 9.17) is 14.0 Å². The molecule has 2 heterocycles. The van der Waals surface area contributed by atoms with Gasteiger partial charge in [-0.3, -0.25) is 4.79 Å². The highest BCUT2D eigenvalue weighted by molar-refractivity contribution is 7.12. The standard InChI is InChI=1S/C17H27BO4S/c1-8-20-15(19)10-14(13-9-11(2)23-12(13)3)18-21-16(4,5)17(6,7)22-18/h9,14H,8,10H2,1-7H3. The van der Waals surface area contributed by atoms with Gasteiger partial charge in [0.2, 0.25) is 0 Å². The van der Waals surface area contributed by atoms with Crippen molar-refractivity contribution in [2.24, 2.45) is 0 Å². The van der Waals surface area contributed by atoms with Crippen molar-refractivity contribution in [2.45, 2.75) is 71.9 Å². The average Bonchev–Trinajstić information content (AvgIpc) is 2.83. The molecule has 1 unspecified atom stereocenters. The van der Waals surface area contributed by atoms with Crippen molar-refractivity contribution in [3.63, 3.8) is 0 Å². The Morgan fingerprint density at radius 2 is 1.83 bits per heavy atom. The van der Waals surface area contributed by atoms with Crippen LogP contribution in [0.3, 0.4) is 0 Å². The Balaban J connectivity index is 2.31. The van der Waals surface area contributed by atoms with Gasteiger partial charge in [0.15, 0.2) is 0 Å². The van der Waals surface area contributed by atoms with Crippen molar-refractivity contribution < 1.29 is 18.8 Å². The second-order valence-electron chi connectivity index (χ2n) is 7.11. The van der Waals surface area contributed by atoms with Gasteiger partial charge in [0, 0.05) is 15.6 Å². The minimum atomic E-state index is -0.447. The highest BCUT2D eigenvalue weighted by Crippen LogP contribution is 2.43. The molecule has 23 heavy (non-hydrogen) atoms. The molecular formula is C17H27BO4S. The molecule has 128 valence electrons. The molecule has 1 atom stereocenters. The number of aryl methyl sites for hydroxylation is 2. The Labute approximate surface area is 143 Å². The summed E-state index contributed by atoms with van der Waals surface area (Å²) >= 11 is 1.73. The molecule has 1 aromatic heterocycles. The van der Waals surface area contributed by atoms with E-state index in [1.807, 2.05) is 34.6 Å². The molecule has 0 aliphatic carbocycles. The van der Waals surface area contributed by atoms with Crippen molar-refractivity contribution in [1.29, 1.82) is 0 Å². The molecule has 1 aliphatic heterocycles. The third kappa shape index (κ3) is 3.81. The minimum absolute atomic E-state index is 0.153. The summed E-state index contributed by atoms with van der Waals surface area (Å²) in [6.45, 7) is 14.5. The van der Waals surface area contributed by atoms with Gasteiger partial charge in [-0.15, -0.1) is 11.3 Å². The van der Waals surface area contributed by atoms with Gasteiger partial charge in [-0.25, -0.2) is 0 Å². The summed E-state index contributed by atoms with van der Waals surface area (Å²) in [6, 6.07) is 2.13. The van der Waals surface area contributed by atoms with Gasteiger partial charge in [-0.05, 0) is 60.1 Å². The molecule has 2 rings (SSSR count). The van der Waals surface area contributed by atoms with E-state index in [0.29, 0.717) is 6.61 Å². The Morgan fingerprint density at radius 3 is 2.26 bits per heavy atom. The molecule has 0 bridgehead atoms. The van der Waals surface area contributed by atoms with Crippen LogP contribution < -0.4 is 0 Å². The molecule has 0 saturated carbocycles. The summed E-state index contributed by atoms with van der Waals surface area (Å²) in [5.41, 5.74) is 0.298. The highest BCUT2D eigenvalue weighted by atomic mass is 32.1. The van der Waals surface area contributed by atoms with Crippen LogP contribution in [0.5, 0.6) is 0 Å². The summed E-state index contributed by atoms with van der Waals surface area (Å²) in [7, 11) is -0.447. The maximum absolute atomic E-state index is 12.1. The van der Waals surface area contributed by atoms with Crippen LogP contribution in [0.25, 0.3) is 0 Å². The number of hydrogen-bond acceptors (Lipinski definition) is 5. The molecule has 0 radical (unpaired) electrons. The number of carbonyl (C=O) groups excluding carboxylic acids is 1. The molecule has 4 nitrogen and oxygen atoms in total. The Bertz CT molecular complexity index is 563. The van der Waals surface area contributed by atoms with E-state index in [1.54, 1.807) is 11.3 Å². The largest absolute Gasteiger partial charge is 0.466 e. The van der Waals surface area contributed by atoms with Crippen molar-refractivity contribution in [1.82, 2.24) is 0 Å². The number of rotatable bonds is 5. The van der Waals surface area contributed by atoms with Gasteiger partial charge in [-0.2, -0.15) is 0 Å². The topological polar surface area (TPSA) is 44.8 Å². The fourth-order valence-electron chi connectivity index (χ4n) is 2.82. The van der Waals surface area contributed by atoms with E-state index >= 15 is 0 Å². The van der Waals surface area contributed by atoms with E-state index in [9.17, 15) is 4.79 Å². The zero-order valence-electron chi connectivity index (χ0n) is 15.2. The molecular weight excluding hydrogens is 311 g/mol. The maximum Gasteiger partial charge on any atom is 0.466 e. The monoisotopic (exact) mass is 338 g/mol. The summed E-state index contributed by atoms with van der Waals surface area (Å²) < 4.78 is 17.6. The van der Waals surface area contributed by atoms with Crippen LogP contribution in [0, 0.1) is 13.8 Å². The molecule has 1 aromatic rings. The first-order valence-electron chi connectivity index (χ1n) is 8.15. The number of thiophene rings is 1. The average molecular weight is 338 g/mol. The molecule has 0 spiro atoms. The SMILES string of the molecule is CCOC(=O)CC(B1OC(C)(C)C(C)(C)O1)c1cc(C)sc1C. The van der Waals surface area contributed by atoms with E-state index in [2.05, 4.69) is 19.9 Å². The number of hydrogen-bond donors (Lipinski definition) is 0. The van der Waals surface area contributed by atoms with Crippen LogP contribution in [0.2, 0.25) is 0 Å². The van der Waals surface area contributed by atoms with E-state index in [1.165, 1.54) is 9.75 Å². The lowest BCUT2D eigenvalue weighted by Crippen LogP contribution is -2.41. The lowest BCUT2D eigenvalue weighted by Gasteiger charge is -2.32. The molecule has 1 saturated heterocycles. The molecule has 0 N–H and O–H groups in total. The Kier molecular flexibility index (Phi) is 5.29. The van der Waals surface area contributed by atoms with Crippen molar-refractivity contribution in [2.75, 3.05) is 6.61 Å². The van der Waals surface area contributed by atoms with Gasteiger partial charge in [0.1, 0.15) is 0 Å². The van der Waals surface area contributed by atoms with Gasteiger partial charge in [-0.1, -0.05) is 0 Å². The quantitative estimate of drug-likeness (QED) is 0.601. The fourth-order valence-corrected chi connectivity index (χ4v) is 3.82. The van der Waals surface area contributed by atoms with E-state index < -0.39 is 18.3 Å². The molecule has 0 aromatic carbocycles. The second kappa shape index (κ2) is 6.57. The summed E-state index contributed by atoms with van der Waals surface area (Å²) in [4.78, 5) is 14.5. The smallest absolute Gasteiger partial charge is 0.466 e. The lowest BCUT2D eigenvalue weighted by atomic mass is 9.66. The molecule has 1 aliphatic rings. The van der Waals surface area contributed by atoms with Gasteiger partial charge in [0.25, 0.3) is 0 Å². The fraction of sp³-hybridized carbons (Fsp3) is 0.706. The Hall–Kier alpha value is -0.845. The summed E-state index contributed by atoms with van der Waals surface area (Å²) in [5, 5.41) is 0. The molecule has 0 amide bonds. The van der Waals surface area contributed by atoms with E-state index in [-0.39, 0.29) is 18.2 Å². The first-order valence-corrected chi connectivity index (χ1v) is 8.97. The first kappa shape index (κ1) is 18.5. The number of ether oxygens (including phenoxy) is 1. The first-order chi connectivity index (χ1) is 10.6. The number of carbonyl (C=O) groups is 1. The predicted octanol–water partition coefficient (Wildman–Crippen LogP) is 4.03. The minimum Gasteiger partial charge on any atom is -0.466 e. The van der Waals surface area contributed by atoms with Crippen LogP contribution in [0.15, 0.2) is 6.07 Å². The normalized spacial score (nSPS) is 20.6. The van der Waals surface area contributed by atoms with Crippen LogP contribution in [-0.2, 0) is 18.8 Å². The van der Waals surface area contributed by atoms with Crippen LogP contribution in [0.4, 0.5) is 0 Å². The van der Waals surface area contributed by atoms with E-state index in [0.717, 1.165) is 5.56 Å². The van der Waals surface area contributed by atoms with Gasteiger partial charge >= 0.3 is 13.1 Å². The number of esters is 1. The van der Waals surface area contributed by atoms with Crippen molar-refractivity contribution in [3.05, 3.63) is 21.4 Å². The zero-order valence-corrected chi connectivity index (χ0v) is 16.0. The third-order valence-electron chi connectivity index (χ3n) is 4.77. The Morgan fingerprint density at radius 1 is 1.26 bits per heavy atom. The van der Waals surface area contributed by atoms with Crippen LogP contribution >= 0.6 is 11.3 Å².